The zero-order chi connectivity index (χ0) is 19.2. The molecular formula is C13H23N6O6P. The maximum absolute atomic E-state index is 12.4. The van der Waals surface area contributed by atoms with Gasteiger partial charge in [-0.3, -0.25) is 4.57 Å². The molecule has 0 aromatic carbocycles. The Hall–Kier alpha value is -1.98. The van der Waals surface area contributed by atoms with Crippen LogP contribution in [0, 0.1) is 0 Å². The zero-order valence-corrected chi connectivity index (χ0v) is 15.5. The third-order valence-electron chi connectivity index (χ3n) is 3.13. The molecule has 0 aliphatic rings. The van der Waals surface area contributed by atoms with Crippen LogP contribution in [0.1, 0.15) is 13.8 Å². The monoisotopic (exact) mass is 390 g/mol. The first kappa shape index (κ1) is 20.3. The van der Waals surface area contributed by atoms with Gasteiger partial charge in [-0.15, -0.1) is 0 Å². The van der Waals surface area contributed by atoms with Crippen molar-refractivity contribution in [2.75, 3.05) is 44.2 Å². The van der Waals surface area contributed by atoms with E-state index in [-0.39, 0.29) is 50.2 Å². The van der Waals surface area contributed by atoms with Crippen LogP contribution in [0.15, 0.2) is 6.33 Å². The van der Waals surface area contributed by atoms with Crippen molar-refractivity contribution in [1.29, 1.82) is 0 Å². The number of hydrogen-bond donors (Lipinski definition) is 3. The molecule has 2 rings (SSSR count). The van der Waals surface area contributed by atoms with E-state index in [1.165, 1.54) is 11.1 Å². The Balaban J connectivity index is 2.00. The Bertz CT molecular complexity index is 761. The molecule has 1 unspecified atom stereocenters. The lowest BCUT2D eigenvalue weighted by molar-refractivity contribution is -0.0345. The first-order chi connectivity index (χ1) is 12.4. The van der Waals surface area contributed by atoms with Crippen LogP contribution < -0.4 is 16.3 Å². The second-order valence-corrected chi connectivity index (χ2v) is 7.05. The minimum atomic E-state index is -3.38. The Kier molecular flexibility index (Phi) is 7.12. The van der Waals surface area contributed by atoms with E-state index < -0.39 is 13.7 Å². The number of ether oxygens (including phenoxy) is 1. The molecule has 0 saturated heterocycles. The quantitative estimate of drug-likeness (QED) is 0.442. The van der Waals surface area contributed by atoms with Gasteiger partial charge in [-0.1, -0.05) is 0 Å². The van der Waals surface area contributed by atoms with Gasteiger partial charge in [0.25, 0.3) is 0 Å². The number of aliphatic hydroxyl groups is 1. The molecule has 12 nitrogen and oxygen atoms in total. The molecule has 13 heteroatoms. The smallest absolute Gasteiger partial charge is 0.356 e. The van der Waals surface area contributed by atoms with Crippen LogP contribution in [-0.2, 0) is 18.3 Å². The molecule has 0 amide bonds. The van der Waals surface area contributed by atoms with E-state index >= 15 is 0 Å². The number of nitrogen functional groups attached to an aromatic ring is 2. The summed E-state index contributed by atoms with van der Waals surface area (Å²) in [5.74, 6) is 0.101. The first-order valence-corrected chi connectivity index (χ1v) is 9.65. The minimum Gasteiger partial charge on any atom is -0.408 e. The Labute approximate surface area is 149 Å². The van der Waals surface area contributed by atoms with E-state index in [1.807, 2.05) is 0 Å². The zero-order valence-electron chi connectivity index (χ0n) is 14.6. The van der Waals surface area contributed by atoms with Crippen LogP contribution in [0.25, 0.3) is 11.2 Å². The van der Waals surface area contributed by atoms with Crippen molar-refractivity contribution in [1.82, 2.24) is 19.7 Å². The number of rotatable bonds is 11. The molecule has 0 spiro atoms. The van der Waals surface area contributed by atoms with Crippen LogP contribution in [0.4, 0.5) is 11.8 Å². The van der Waals surface area contributed by atoms with Crippen LogP contribution in [0.3, 0.4) is 0 Å². The largest absolute Gasteiger partial charge is 0.408 e. The van der Waals surface area contributed by atoms with E-state index in [4.69, 9.17) is 30.1 Å². The highest BCUT2D eigenvalue weighted by molar-refractivity contribution is 7.53. The predicted molar refractivity (Wildman–Crippen MR) is 93.3 cm³/mol. The van der Waals surface area contributed by atoms with Crippen LogP contribution in [0.2, 0.25) is 0 Å². The van der Waals surface area contributed by atoms with Crippen molar-refractivity contribution in [3.63, 3.8) is 0 Å². The van der Waals surface area contributed by atoms with Crippen LogP contribution in [-0.4, -0.2) is 63.7 Å². The molecule has 146 valence electrons. The summed E-state index contributed by atoms with van der Waals surface area (Å²) in [6.07, 6.45) is 0.253. The van der Waals surface area contributed by atoms with E-state index in [0.717, 1.165) is 0 Å². The van der Waals surface area contributed by atoms with Gasteiger partial charge < -0.3 is 35.2 Å². The molecule has 0 aliphatic heterocycles. The average Bonchev–Trinajstić information content (AvgIpc) is 2.99. The molecule has 0 radical (unpaired) electrons. The second kappa shape index (κ2) is 9.10. The number of nitrogens with zero attached hydrogens (tertiary/aromatic N) is 4. The van der Waals surface area contributed by atoms with Crippen LogP contribution >= 0.6 is 7.60 Å². The summed E-state index contributed by atoms with van der Waals surface area (Å²) >= 11 is 0. The molecule has 5 N–H and O–H groups in total. The lowest BCUT2D eigenvalue weighted by Gasteiger charge is -2.21. The number of aliphatic hydroxyl groups excluding tert-OH is 1. The fraction of sp³-hybridized carbons (Fsp3) is 0.615. The number of aromatic nitrogens is 4. The third kappa shape index (κ3) is 5.02. The molecule has 0 bridgehead atoms. The summed E-state index contributed by atoms with van der Waals surface area (Å²) in [7, 11) is -3.38. The van der Waals surface area contributed by atoms with Gasteiger partial charge >= 0.3 is 7.60 Å². The highest BCUT2D eigenvalue weighted by atomic mass is 31.2. The molecule has 0 aliphatic carbocycles. The molecule has 0 fully saturated rings. The van der Waals surface area contributed by atoms with E-state index in [1.54, 1.807) is 13.8 Å². The van der Waals surface area contributed by atoms with Crippen molar-refractivity contribution >= 4 is 30.5 Å². The fourth-order valence-corrected chi connectivity index (χ4v) is 3.44. The van der Waals surface area contributed by atoms with Gasteiger partial charge in [-0.05, 0) is 13.8 Å². The summed E-state index contributed by atoms with van der Waals surface area (Å²) in [6.45, 7) is 3.37. The Morgan fingerprint density at radius 1 is 1.27 bits per heavy atom. The summed E-state index contributed by atoms with van der Waals surface area (Å²) in [4.78, 5) is 17.4. The number of hydrogen-bond acceptors (Lipinski definition) is 11. The van der Waals surface area contributed by atoms with Gasteiger partial charge in [-0.25, -0.2) is 4.98 Å². The normalized spacial score (nSPS) is 13.2. The van der Waals surface area contributed by atoms with Gasteiger partial charge in [0.05, 0.1) is 19.8 Å². The molecule has 2 aromatic rings. The second-order valence-electron chi connectivity index (χ2n) is 5.05. The van der Waals surface area contributed by atoms with Gasteiger partial charge in [0.15, 0.2) is 11.3 Å². The molecule has 2 aromatic heterocycles. The fourth-order valence-electron chi connectivity index (χ4n) is 2.03. The molecule has 1 atom stereocenters. The van der Waals surface area contributed by atoms with Gasteiger partial charge in [-0.2, -0.15) is 14.7 Å². The molecule has 0 saturated carbocycles. The number of fused-ring (bicyclic) bond motifs is 1. The topological polar surface area (TPSA) is 170 Å². The minimum absolute atomic E-state index is 0.0234. The Morgan fingerprint density at radius 2 is 1.96 bits per heavy atom. The first-order valence-electron chi connectivity index (χ1n) is 7.92. The summed E-state index contributed by atoms with van der Waals surface area (Å²) < 4.78 is 29.3. The van der Waals surface area contributed by atoms with Gasteiger partial charge in [0, 0.05) is 0 Å². The standard InChI is InChI=1S/C13H23N6O6P/c1-3-24-26(21,25-4-2)8-22-9(5-20)6-23-19-7-16-10-11(14)17-13(15)18-12(10)19/h7,9,20H,3-6,8H2,1-2H3,(H4,14,15,17,18). The maximum Gasteiger partial charge on any atom is 0.356 e. The molecule has 2 heterocycles. The maximum atomic E-state index is 12.4. The van der Waals surface area contributed by atoms with Crippen molar-refractivity contribution in [3.05, 3.63) is 6.33 Å². The summed E-state index contributed by atoms with van der Waals surface area (Å²) in [6, 6.07) is 0. The SMILES string of the molecule is CCOP(=O)(COC(CO)COn1cnc2c(N)nc(N)nc21)OCC. The van der Waals surface area contributed by atoms with Crippen LogP contribution in [0.5, 0.6) is 0 Å². The predicted octanol–water partition coefficient (Wildman–Crippen LogP) is 0.0204. The van der Waals surface area contributed by atoms with Crippen molar-refractivity contribution in [2.24, 2.45) is 0 Å². The van der Waals surface area contributed by atoms with Gasteiger partial charge in [0.2, 0.25) is 11.6 Å². The molecular weight excluding hydrogens is 367 g/mol. The summed E-state index contributed by atoms with van der Waals surface area (Å²) in [5.41, 5.74) is 11.9. The summed E-state index contributed by atoms with van der Waals surface area (Å²) in [5, 5.41) is 9.45. The third-order valence-corrected chi connectivity index (χ3v) is 4.90. The highest BCUT2D eigenvalue weighted by Crippen LogP contribution is 2.48. The lowest BCUT2D eigenvalue weighted by atomic mass is 10.4. The Morgan fingerprint density at radius 3 is 2.58 bits per heavy atom. The number of imidazole rings is 1. The highest BCUT2D eigenvalue weighted by Gasteiger charge is 2.26. The van der Waals surface area contributed by atoms with Crippen molar-refractivity contribution in [3.8, 4) is 0 Å². The van der Waals surface area contributed by atoms with E-state index in [0.29, 0.717) is 5.52 Å². The number of anilines is 2. The van der Waals surface area contributed by atoms with Gasteiger partial charge in [0.1, 0.15) is 25.4 Å². The lowest BCUT2D eigenvalue weighted by Crippen LogP contribution is -2.30. The van der Waals surface area contributed by atoms with Crippen molar-refractivity contribution < 1.29 is 28.3 Å². The van der Waals surface area contributed by atoms with E-state index in [2.05, 4.69) is 15.0 Å². The van der Waals surface area contributed by atoms with Crippen molar-refractivity contribution in [2.45, 2.75) is 20.0 Å². The molecule has 26 heavy (non-hydrogen) atoms. The average molecular weight is 390 g/mol. The number of nitrogens with two attached hydrogens (primary N) is 2. The van der Waals surface area contributed by atoms with E-state index in [9.17, 15) is 9.67 Å².